The fraction of sp³-hybridized carbons (Fsp3) is 0.433. The van der Waals surface area contributed by atoms with Crippen molar-refractivity contribution in [3.8, 4) is 5.75 Å². The van der Waals surface area contributed by atoms with Gasteiger partial charge < -0.3 is 9.64 Å². The van der Waals surface area contributed by atoms with Gasteiger partial charge in [0.15, 0.2) is 0 Å². The number of hydrogen-bond acceptors (Lipinski definition) is 4. The van der Waals surface area contributed by atoms with Crippen LogP contribution in [-0.2, 0) is 30.5 Å². The van der Waals surface area contributed by atoms with Crippen LogP contribution in [0.4, 0.5) is 0 Å². The number of pyridine rings is 2. The van der Waals surface area contributed by atoms with E-state index >= 15 is 0 Å². The average Bonchev–Trinajstić information content (AvgIpc) is 3.06. The van der Waals surface area contributed by atoms with Crippen molar-refractivity contribution in [3.05, 3.63) is 88.0 Å². The predicted octanol–water partition coefficient (Wildman–Crippen LogP) is 4.20. The summed E-state index contributed by atoms with van der Waals surface area (Å²) < 4.78 is 6.95. The molecule has 1 amide bonds. The predicted molar refractivity (Wildman–Crippen MR) is 137 cm³/mol. The summed E-state index contributed by atoms with van der Waals surface area (Å²) in [5, 5.41) is 9.44. The quantitative estimate of drug-likeness (QED) is 0.434. The Morgan fingerprint density at radius 1 is 1.11 bits per heavy atom. The van der Waals surface area contributed by atoms with Gasteiger partial charge in [0, 0.05) is 47.6 Å². The molecule has 188 valence electrons. The molecular weight excluding hydrogens is 450 g/mol. The van der Waals surface area contributed by atoms with Gasteiger partial charge in [0.25, 0.3) is 0 Å². The van der Waals surface area contributed by atoms with Crippen LogP contribution in [0.25, 0.3) is 0 Å². The third kappa shape index (κ3) is 4.81. The Bertz CT molecular complexity index is 1250. The number of likely N-dealkylation sites (tertiary alicyclic amines) is 1. The number of amides is 1. The molecule has 0 bridgehead atoms. The summed E-state index contributed by atoms with van der Waals surface area (Å²) in [4.78, 5) is 20.1. The third-order valence-electron chi connectivity index (χ3n) is 7.93. The second-order valence-electron chi connectivity index (χ2n) is 10.2. The van der Waals surface area contributed by atoms with Crippen LogP contribution in [0.1, 0.15) is 64.8 Å². The maximum atomic E-state index is 13.0. The molecule has 1 N–H and O–H groups in total. The molecule has 6 nitrogen and oxygen atoms in total. The Morgan fingerprint density at radius 2 is 1.83 bits per heavy atom. The van der Waals surface area contributed by atoms with E-state index in [2.05, 4.69) is 32.0 Å². The number of carbonyl (C=O) groups is 1. The first-order chi connectivity index (χ1) is 17.5. The largest absolute Gasteiger partial charge is 0.496 e. The minimum Gasteiger partial charge on any atom is -0.496 e. The Balaban J connectivity index is 1.42. The van der Waals surface area contributed by atoms with Gasteiger partial charge in [0.1, 0.15) is 5.75 Å². The molecule has 1 atom stereocenters. The summed E-state index contributed by atoms with van der Waals surface area (Å²) in [5.74, 6) is 1.68. The van der Waals surface area contributed by atoms with Crippen molar-refractivity contribution in [2.45, 2.75) is 58.3 Å². The highest BCUT2D eigenvalue weighted by Gasteiger charge is 2.36. The molecule has 0 saturated carbocycles. The van der Waals surface area contributed by atoms with Gasteiger partial charge in [-0.1, -0.05) is 19.1 Å². The summed E-state index contributed by atoms with van der Waals surface area (Å²) in [6.45, 7) is 5.82. The highest BCUT2D eigenvalue weighted by molar-refractivity contribution is 5.78. The molecule has 5 rings (SSSR count). The van der Waals surface area contributed by atoms with E-state index in [1.54, 1.807) is 31.6 Å². The van der Waals surface area contributed by atoms with Crippen LogP contribution in [0.3, 0.4) is 0 Å². The topological polar surface area (TPSA) is 66.5 Å². The third-order valence-corrected chi connectivity index (χ3v) is 7.93. The molecule has 1 saturated heterocycles. The number of aromatic nitrogens is 2. The van der Waals surface area contributed by atoms with Gasteiger partial charge in [-0.15, -0.1) is 0 Å². The average molecular weight is 487 g/mol. The molecule has 3 heterocycles. The van der Waals surface area contributed by atoms with Gasteiger partial charge in [-0.3, -0.25) is 15.0 Å². The van der Waals surface area contributed by atoms with E-state index in [-0.39, 0.29) is 11.8 Å². The van der Waals surface area contributed by atoms with Crippen LogP contribution in [0.15, 0.2) is 48.9 Å². The number of nitrogens with zero attached hydrogens (tertiary/aromatic N) is 3. The van der Waals surface area contributed by atoms with Crippen LogP contribution >= 0.6 is 0 Å². The summed E-state index contributed by atoms with van der Waals surface area (Å²) >= 11 is 0. The lowest BCUT2D eigenvalue weighted by atomic mass is 9.75. The first-order valence-corrected chi connectivity index (χ1v) is 13.1. The number of benzene rings is 1. The first kappa shape index (κ1) is 24.3. The Kier molecular flexibility index (Phi) is 6.95. The normalized spacial score (nSPS) is 17.8. The lowest BCUT2D eigenvalue weighted by Crippen LogP contribution is -2.41. The van der Waals surface area contributed by atoms with Crippen LogP contribution in [-0.4, -0.2) is 41.2 Å². The van der Waals surface area contributed by atoms with Gasteiger partial charge >= 0.3 is 0 Å². The van der Waals surface area contributed by atoms with Gasteiger partial charge in [-0.2, -0.15) is 0 Å². The molecule has 1 aromatic carbocycles. The SMILES string of the molecule is CCc1cnc2c(c1)CCc1cc(C)cc(OC)c1C2C1CCN(C(=O)Cc2cc[n+](O)cc2)CC1. The van der Waals surface area contributed by atoms with Crippen molar-refractivity contribution in [1.29, 1.82) is 0 Å². The molecule has 1 aliphatic carbocycles. The fourth-order valence-corrected chi connectivity index (χ4v) is 6.01. The van der Waals surface area contributed by atoms with Crippen LogP contribution in [0, 0.1) is 12.8 Å². The van der Waals surface area contributed by atoms with Crippen molar-refractivity contribution in [2.24, 2.45) is 5.92 Å². The highest BCUT2D eigenvalue weighted by atomic mass is 16.5. The molecular formula is C30H36N3O3+. The zero-order chi connectivity index (χ0) is 25.2. The number of aryl methyl sites for hydroxylation is 4. The molecule has 1 fully saturated rings. The molecule has 36 heavy (non-hydrogen) atoms. The Hall–Kier alpha value is -3.41. The van der Waals surface area contributed by atoms with E-state index in [1.165, 1.54) is 33.5 Å². The summed E-state index contributed by atoms with van der Waals surface area (Å²) in [5.41, 5.74) is 8.65. The minimum absolute atomic E-state index is 0.143. The highest BCUT2D eigenvalue weighted by Crippen LogP contribution is 2.46. The molecule has 3 aromatic rings. The van der Waals surface area contributed by atoms with Crippen molar-refractivity contribution < 1.29 is 19.5 Å². The van der Waals surface area contributed by atoms with E-state index in [9.17, 15) is 10.0 Å². The standard InChI is InChI=1S/C30H36N3O3/c1-4-21-17-25-6-5-24-15-20(2)16-26(36-3)28(24)29(30(25)31-19-21)23-9-11-32(12-10-23)27(34)18-22-7-13-33(35)14-8-22/h7-8,13-17,19,23,29,35H,4-6,9-12,18H2,1-3H3/q+1. The molecule has 0 spiro atoms. The smallest absolute Gasteiger partial charge is 0.226 e. The number of hydrogen-bond donors (Lipinski definition) is 1. The molecule has 2 aliphatic rings. The van der Waals surface area contributed by atoms with Crippen LogP contribution in [0.2, 0.25) is 0 Å². The van der Waals surface area contributed by atoms with E-state index in [0.29, 0.717) is 12.3 Å². The fourth-order valence-electron chi connectivity index (χ4n) is 6.01. The minimum atomic E-state index is 0.143. The zero-order valence-electron chi connectivity index (χ0n) is 21.5. The Morgan fingerprint density at radius 3 is 2.53 bits per heavy atom. The Labute approximate surface area is 213 Å². The lowest BCUT2D eigenvalue weighted by Gasteiger charge is -2.37. The van der Waals surface area contributed by atoms with E-state index in [0.717, 1.165) is 61.2 Å². The second-order valence-corrected chi connectivity index (χ2v) is 10.2. The van der Waals surface area contributed by atoms with E-state index in [4.69, 9.17) is 9.72 Å². The summed E-state index contributed by atoms with van der Waals surface area (Å²) in [7, 11) is 1.77. The van der Waals surface area contributed by atoms with E-state index in [1.807, 2.05) is 11.1 Å². The van der Waals surface area contributed by atoms with Gasteiger partial charge in [0.2, 0.25) is 18.3 Å². The summed E-state index contributed by atoms with van der Waals surface area (Å²) in [6.07, 6.45) is 10.4. The van der Waals surface area contributed by atoms with Crippen molar-refractivity contribution in [2.75, 3.05) is 20.2 Å². The maximum absolute atomic E-state index is 13.0. The number of piperidine rings is 1. The van der Waals surface area contributed by atoms with Crippen molar-refractivity contribution in [1.82, 2.24) is 9.88 Å². The number of fused-ring (bicyclic) bond motifs is 2. The van der Waals surface area contributed by atoms with Gasteiger partial charge in [-0.25, -0.2) is 0 Å². The monoisotopic (exact) mass is 486 g/mol. The number of methoxy groups -OCH3 is 1. The van der Waals surface area contributed by atoms with Gasteiger partial charge in [-0.05, 0) is 78.8 Å². The molecule has 0 radical (unpaired) electrons. The summed E-state index contributed by atoms with van der Waals surface area (Å²) in [6, 6.07) is 10.4. The van der Waals surface area contributed by atoms with Gasteiger partial charge in [0.05, 0.1) is 19.2 Å². The van der Waals surface area contributed by atoms with Crippen LogP contribution in [0.5, 0.6) is 5.75 Å². The maximum Gasteiger partial charge on any atom is 0.226 e. The molecule has 2 aromatic heterocycles. The second kappa shape index (κ2) is 10.3. The van der Waals surface area contributed by atoms with Crippen molar-refractivity contribution >= 4 is 5.91 Å². The number of carbonyl (C=O) groups excluding carboxylic acids is 1. The molecule has 6 heteroatoms. The number of ether oxygens (including phenoxy) is 1. The first-order valence-electron chi connectivity index (χ1n) is 13.1. The van der Waals surface area contributed by atoms with E-state index < -0.39 is 0 Å². The molecule has 1 unspecified atom stereocenters. The number of rotatable bonds is 5. The lowest BCUT2D eigenvalue weighted by molar-refractivity contribution is -0.904. The zero-order valence-corrected chi connectivity index (χ0v) is 21.5. The van der Waals surface area contributed by atoms with Crippen LogP contribution < -0.4 is 9.47 Å². The van der Waals surface area contributed by atoms with Crippen molar-refractivity contribution in [3.63, 3.8) is 0 Å². The molecule has 1 aliphatic heterocycles.